The van der Waals surface area contributed by atoms with Crippen molar-refractivity contribution in [1.29, 1.82) is 0 Å². The molecule has 0 radical (unpaired) electrons. The third-order valence-electron chi connectivity index (χ3n) is 11.7. The van der Waals surface area contributed by atoms with Gasteiger partial charge in [0.15, 0.2) is 0 Å². The number of hydrogen-bond acceptors (Lipinski definition) is 2. The quantitative estimate of drug-likeness (QED) is 0.166. The molecule has 0 fully saturated rings. The molecule has 3 aliphatic carbocycles. The van der Waals surface area contributed by atoms with E-state index in [1.807, 2.05) is 41.7 Å². The van der Waals surface area contributed by atoms with Crippen LogP contribution in [0.15, 0.2) is 138 Å². The highest BCUT2D eigenvalue weighted by molar-refractivity contribution is 7.25. The van der Waals surface area contributed by atoms with Crippen molar-refractivity contribution in [3.05, 3.63) is 183 Å². The summed E-state index contributed by atoms with van der Waals surface area (Å²) in [6.07, 6.45) is 27.7. The molecule has 1 unspecified atom stereocenters. The maximum Gasteiger partial charge on any atom is 0.135 e. The summed E-state index contributed by atoms with van der Waals surface area (Å²) in [7, 11) is 0. The molecule has 0 N–H and O–H groups in total. The van der Waals surface area contributed by atoms with Crippen LogP contribution < -0.4 is 21.1 Å². The Labute approximate surface area is 325 Å². The van der Waals surface area contributed by atoms with Crippen molar-refractivity contribution >= 4 is 85.0 Å². The molecule has 0 amide bonds. The summed E-state index contributed by atoms with van der Waals surface area (Å²) in [6, 6.07) is 28.6. The number of hydrogen-bond donors (Lipinski definition) is 0. The predicted molar refractivity (Wildman–Crippen MR) is 240 cm³/mol. The molecule has 0 saturated heterocycles. The van der Waals surface area contributed by atoms with Gasteiger partial charge < -0.3 is 4.42 Å². The third kappa shape index (κ3) is 5.43. The molecule has 55 heavy (non-hydrogen) atoms. The lowest BCUT2D eigenvalue weighted by Gasteiger charge is -2.26. The van der Waals surface area contributed by atoms with Gasteiger partial charge in [0.2, 0.25) is 0 Å². The second-order valence-electron chi connectivity index (χ2n) is 14.9. The normalized spacial score (nSPS) is 16.4. The molecule has 0 aliphatic heterocycles. The topological polar surface area (TPSA) is 13.1 Å². The Kier molecular flexibility index (Phi) is 8.05. The van der Waals surface area contributed by atoms with Crippen LogP contribution in [0, 0.1) is 12.8 Å². The van der Waals surface area contributed by atoms with Crippen molar-refractivity contribution in [1.82, 2.24) is 0 Å². The molecule has 0 bridgehead atoms. The molecule has 2 heteroatoms. The van der Waals surface area contributed by atoms with Crippen molar-refractivity contribution in [3.8, 4) is 22.3 Å². The largest absolute Gasteiger partial charge is 0.456 e. The number of benzene rings is 5. The van der Waals surface area contributed by atoms with Crippen LogP contribution in [0.25, 0.3) is 95.9 Å². The molecule has 7 aromatic rings. The molecule has 0 saturated carbocycles. The number of furan rings is 1. The standard InChI is InChI=1S/C53H40OS/c1-5-40-41(6-2)52(39-24-23-34-14-7-8-15-35(34)28-39)44-20-10-9-19-43(44)51(40)38-17-13-16-36(29-38)37-25-27-49-46(30-37)53-45(32(3)22-26-50(53)55-49)31-48-33(4)42-18-11-12-21-47(42)54-48/h5-8,11-27,29-31,35H,1-2,4,9-10,28H2,3H3/b48-31+. The van der Waals surface area contributed by atoms with Crippen LogP contribution in [-0.2, 0) is 0 Å². The van der Waals surface area contributed by atoms with E-state index in [2.05, 4.69) is 142 Å². The van der Waals surface area contributed by atoms with Gasteiger partial charge in [-0.05, 0) is 134 Å². The summed E-state index contributed by atoms with van der Waals surface area (Å²) in [5.74, 6) is 0.399. The molecule has 5 aromatic carbocycles. The summed E-state index contributed by atoms with van der Waals surface area (Å²) in [6.45, 7) is 15.4. The lowest BCUT2D eigenvalue weighted by atomic mass is 9.77. The second-order valence-corrected chi connectivity index (χ2v) is 15.9. The number of rotatable bonds is 6. The van der Waals surface area contributed by atoms with E-state index in [0.717, 1.165) is 46.4 Å². The highest BCUT2D eigenvalue weighted by atomic mass is 32.1. The van der Waals surface area contributed by atoms with E-state index in [-0.39, 0.29) is 0 Å². The SMILES string of the molecule is C=Cc1c(C=C)c(-c2cccc(-c3ccc4sc5ccc(C)c(/C=c6/oc7ccccc7c6=C)c5c4c3)c2)c2c(c1C1=CC=C3C=CC=CC3C1)=CCCC=2. The monoisotopic (exact) mass is 724 g/mol. The third-order valence-corrected chi connectivity index (χ3v) is 12.9. The Hall–Kier alpha value is -6.22. The van der Waals surface area contributed by atoms with Crippen LogP contribution >= 0.6 is 11.3 Å². The Bertz CT molecular complexity index is 3190. The average molecular weight is 725 g/mol. The van der Waals surface area contributed by atoms with Gasteiger partial charge >= 0.3 is 0 Å². The number of aryl methyl sites for hydroxylation is 1. The molecule has 0 spiro atoms. The van der Waals surface area contributed by atoms with Gasteiger partial charge in [0.05, 0.1) is 0 Å². The summed E-state index contributed by atoms with van der Waals surface area (Å²) < 4.78 is 8.87. The molecule has 264 valence electrons. The van der Waals surface area contributed by atoms with E-state index in [1.165, 1.54) is 86.3 Å². The van der Waals surface area contributed by atoms with Crippen molar-refractivity contribution < 1.29 is 4.42 Å². The van der Waals surface area contributed by atoms with Gasteiger partial charge in [-0.1, -0.05) is 129 Å². The van der Waals surface area contributed by atoms with Gasteiger partial charge in [-0.2, -0.15) is 0 Å². The van der Waals surface area contributed by atoms with E-state index < -0.39 is 0 Å². The Morgan fingerprint density at radius 3 is 2.33 bits per heavy atom. The Balaban J connectivity index is 1.14. The first-order valence-corrected chi connectivity index (χ1v) is 20.0. The van der Waals surface area contributed by atoms with Crippen LogP contribution in [0.2, 0.25) is 0 Å². The first kappa shape index (κ1) is 33.4. The summed E-state index contributed by atoms with van der Waals surface area (Å²) in [4.78, 5) is 0. The van der Waals surface area contributed by atoms with Gasteiger partial charge in [0.25, 0.3) is 0 Å². The number of fused-ring (bicyclic) bond motifs is 6. The van der Waals surface area contributed by atoms with Gasteiger partial charge in [0.1, 0.15) is 11.0 Å². The lowest BCUT2D eigenvalue weighted by molar-refractivity contribution is 0.575. The van der Waals surface area contributed by atoms with Crippen LogP contribution in [-0.4, -0.2) is 0 Å². The van der Waals surface area contributed by atoms with E-state index in [0.29, 0.717) is 5.92 Å². The average Bonchev–Trinajstić information content (AvgIpc) is 3.76. The zero-order valence-electron chi connectivity index (χ0n) is 31.0. The van der Waals surface area contributed by atoms with Gasteiger partial charge in [-0.25, -0.2) is 0 Å². The number of thiophene rings is 1. The minimum atomic E-state index is 0.399. The Morgan fingerprint density at radius 2 is 1.49 bits per heavy atom. The summed E-state index contributed by atoms with van der Waals surface area (Å²) in [5, 5.41) is 7.12. The molecule has 1 atom stereocenters. The van der Waals surface area contributed by atoms with Crippen molar-refractivity contribution in [2.24, 2.45) is 5.92 Å². The highest BCUT2D eigenvalue weighted by Gasteiger charge is 2.24. The molecular weight excluding hydrogens is 685 g/mol. The maximum absolute atomic E-state index is 6.34. The van der Waals surface area contributed by atoms with Gasteiger partial charge in [-0.3, -0.25) is 0 Å². The molecular formula is C53H40OS. The second kappa shape index (κ2) is 13.3. The highest BCUT2D eigenvalue weighted by Crippen LogP contribution is 2.41. The number of para-hydroxylation sites is 1. The predicted octanol–water partition coefficient (Wildman–Crippen LogP) is 11.8. The van der Waals surface area contributed by atoms with E-state index in [4.69, 9.17) is 4.42 Å². The van der Waals surface area contributed by atoms with Crippen LogP contribution in [0.3, 0.4) is 0 Å². The smallest absolute Gasteiger partial charge is 0.135 e. The van der Waals surface area contributed by atoms with Crippen molar-refractivity contribution in [3.63, 3.8) is 0 Å². The zero-order chi connectivity index (χ0) is 37.2. The number of allylic oxidation sites excluding steroid dienone is 8. The first-order valence-electron chi connectivity index (χ1n) is 19.2. The molecule has 10 rings (SSSR count). The van der Waals surface area contributed by atoms with Crippen LogP contribution in [0.4, 0.5) is 0 Å². The summed E-state index contributed by atoms with van der Waals surface area (Å²) >= 11 is 1.84. The molecule has 1 nitrogen and oxygen atoms in total. The minimum absolute atomic E-state index is 0.399. The van der Waals surface area contributed by atoms with E-state index in [9.17, 15) is 0 Å². The Morgan fingerprint density at radius 1 is 0.727 bits per heavy atom. The zero-order valence-corrected chi connectivity index (χ0v) is 31.8. The van der Waals surface area contributed by atoms with Crippen molar-refractivity contribution in [2.45, 2.75) is 26.2 Å². The first-order chi connectivity index (χ1) is 27.0. The summed E-state index contributed by atoms with van der Waals surface area (Å²) in [5.41, 5.74) is 15.2. The lowest BCUT2D eigenvalue weighted by Crippen LogP contribution is -2.34. The fourth-order valence-corrected chi connectivity index (χ4v) is 10.1. The fraction of sp³-hybridized carbons (Fsp3) is 0.0943. The molecule has 3 aliphatic rings. The van der Waals surface area contributed by atoms with Crippen molar-refractivity contribution in [2.75, 3.05) is 0 Å². The van der Waals surface area contributed by atoms with Crippen LogP contribution in [0.1, 0.15) is 47.1 Å². The van der Waals surface area contributed by atoms with E-state index in [1.54, 1.807) is 0 Å². The van der Waals surface area contributed by atoms with Gasteiger partial charge in [0, 0.05) is 36.7 Å². The van der Waals surface area contributed by atoms with E-state index >= 15 is 0 Å². The maximum atomic E-state index is 6.34. The van der Waals surface area contributed by atoms with Crippen LogP contribution in [0.5, 0.6) is 0 Å². The molecule has 2 aromatic heterocycles. The molecule has 2 heterocycles. The fourth-order valence-electron chi connectivity index (χ4n) is 9.03. The van der Waals surface area contributed by atoms with Gasteiger partial charge in [-0.15, -0.1) is 11.3 Å². The minimum Gasteiger partial charge on any atom is -0.456 e.